The molecule has 0 spiro atoms. The normalized spacial score (nSPS) is 11.0. The number of halogens is 1. The van der Waals surface area contributed by atoms with Gasteiger partial charge in [-0.05, 0) is 6.92 Å². The fraction of sp³-hybridized carbons (Fsp3) is 0.182. The van der Waals surface area contributed by atoms with E-state index in [1.807, 2.05) is 0 Å². The van der Waals surface area contributed by atoms with Crippen molar-refractivity contribution >= 4 is 40.3 Å². The summed E-state index contributed by atoms with van der Waals surface area (Å²) < 4.78 is 1.40. The second-order valence-electron chi connectivity index (χ2n) is 4.36. The Bertz CT molecular complexity index is 851. The Morgan fingerprint density at radius 2 is 2.24 bits per heavy atom. The number of fused-ring (bicyclic) bond motifs is 1. The lowest BCUT2D eigenvalue weighted by molar-refractivity contribution is 0.101. The number of nitrogens with two attached hydrogens (primary N) is 1. The van der Waals surface area contributed by atoms with Crippen LogP contribution in [-0.2, 0) is 7.05 Å². The molecule has 1 amide bonds. The van der Waals surface area contributed by atoms with Crippen molar-refractivity contribution in [1.29, 1.82) is 0 Å². The first-order chi connectivity index (χ1) is 9.97. The van der Waals surface area contributed by atoms with Gasteiger partial charge in [0.2, 0.25) is 5.95 Å². The first-order valence-electron chi connectivity index (χ1n) is 5.94. The predicted octanol–water partition coefficient (Wildman–Crippen LogP) is 0.883. The highest BCUT2D eigenvalue weighted by molar-refractivity contribution is 6.33. The van der Waals surface area contributed by atoms with Crippen molar-refractivity contribution in [3.8, 4) is 0 Å². The number of nitrogen functional groups attached to an aromatic ring is 1. The standard InChI is InChI=1S/C11H11ClN8O/c1-4-5(13)7(20(2)19-4)10(21)18-11-16-8(12)6-9(17-11)15-3-14-6/h3H,13H2,1-2H3,(H2,14,15,16,17,18,21). The Kier molecular flexibility index (Phi) is 2.98. The number of nitrogens with zero attached hydrogens (tertiary/aromatic N) is 5. The molecule has 3 heterocycles. The molecule has 3 rings (SSSR count). The van der Waals surface area contributed by atoms with Gasteiger partial charge in [-0.2, -0.15) is 15.1 Å². The zero-order valence-electron chi connectivity index (χ0n) is 11.2. The number of aromatic nitrogens is 6. The third-order valence-corrected chi connectivity index (χ3v) is 3.22. The molecule has 10 heteroatoms. The number of H-pyrrole nitrogens is 1. The molecular formula is C11H11ClN8O. The van der Waals surface area contributed by atoms with Gasteiger partial charge in [0.25, 0.3) is 5.91 Å². The van der Waals surface area contributed by atoms with Crippen molar-refractivity contribution in [2.24, 2.45) is 7.05 Å². The number of carbonyl (C=O) groups excluding carboxylic acids is 1. The minimum atomic E-state index is -0.471. The van der Waals surface area contributed by atoms with Gasteiger partial charge in [0, 0.05) is 7.05 Å². The number of hydrogen-bond acceptors (Lipinski definition) is 6. The average Bonchev–Trinajstić information content (AvgIpc) is 2.95. The van der Waals surface area contributed by atoms with Crippen LogP contribution in [0.15, 0.2) is 6.33 Å². The molecule has 0 aliphatic heterocycles. The molecule has 0 saturated heterocycles. The van der Waals surface area contributed by atoms with Gasteiger partial charge in [0.15, 0.2) is 10.8 Å². The first-order valence-corrected chi connectivity index (χ1v) is 6.32. The smallest absolute Gasteiger partial charge is 0.278 e. The van der Waals surface area contributed by atoms with Crippen LogP contribution in [0, 0.1) is 6.92 Å². The average molecular weight is 307 g/mol. The van der Waals surface area contributed by atoms with E-state index < -0.39 is 5.91 Å². The van der Waals surface area contributed by atoms with Crippen LogP contribution in [0.3, 0.4) is 0 Å². The van der Waals surface area contributed by atoms with E-state index in [4.69, 9.17) is 17.3 Å². The summed E-state index contributed by atoms with van der Waals surface area (Å²) in [7, 11) is 1.63. The maximum absolute atomic E-state index is 12.3. The summed E-state index contributed by atoms with van der Waals surface area (Å²) >= 11 is 5.98. The molecule has 3 aromatic rings. The van der Waals surface area contributed by atoms with Gasteiger partial charge in [0.1, 0.15) is 11.2 Å². The Hall–Kier alpha value is -2.68. The zero-order chi connectivity index (χ0) is 15.1. The lowest BCUT2D eigenvalue weighted by atomic mass is 10.3. The molecule has 0 aliphatic carbocycles. The molecule has 0 radical (unpaired) electrons. The molecule has 108 valence electrons. The molecular weight excluding hydrogens is 296 g/mol. The minimum absolute atomic E-state index is 0.0443. The summed E-state index contributed by atoms with van der Waals surface area (Å²) in [6.45, 7) is 1.72. The van der Waals surface area contributed by atoms with Crippen LogP contribution in [0.4, 0.5) is 11.6 Å². The number of hydrogen-bond donors (Lipinski definition) is 3. The van der Waals surface area contributed by atoms with Gasteiger partial charge in [-0.1, -0.05) is 11.6 Å². The van der Waals surface area contributed by atoms with Crippen LogP contribution in [0.2, 0.25) is 5.15 Å². The van der Waals surface area contributed by atoms with Crippen LogP contribution in [0.5, 0.6) is 0 Å². The number of carbonyl (C=O) groups is 1. The van der Waals surface area contributed by atoms with Crippen molar-refractivity contribution < 1.29 is 4.79 Å². The number of anilines is 2. The minimum Gasteiger partial charge on any atom is -0.395 e. The summed E-state index contributed by atoms with van der Waals surface area (Å²) in [6, 6.07) is 0. The quantitative estimate of drug-likeness (QED) is 0.603. The highest BCUT2D eigenvalue weighted by atomic mass is 35.5. The summed E-state index contributed by atoms with van der Waals surface area (Å²) in [5, 5.41) is 6.78. The van der Waals surface area contributed by atoms with E-state index in [2.05, 4.69) is 30.4 Å². The molecule has 0 unspecified atom stereocenters. The van der Waals surface area contributed by atoms with Gasteiger partial charge in [-0.3, -0.25) is 14.8 Å². The number of aryl methyl sites for hydroxylation is 2. The number of amides is 1. The number of imidazole rings is 1. The molecule has 0 bridgehead atoms. The van der Waals surface area contributed by atoms with Gasteiger partial charge >= 0.3 is 0 Å². The molecule has 0 saturated carbocycles. The van der Waals surface area contributed by atoms with Gasteiger partial charge < -0.3 is 10.7 Å². The molecule has 0 aromatic carbocycles. The van der Waals surface area contributed by atoms with Crippen LogP contribution in [0.1, 0.15) is 16.2 Å². The Morgan fingerprint density at radius 3 is 2.90 bits per heavy atom. The summed E-state index contributed by atoms with van der Waals surface area (Å²) in [5.41, 5.74) is 7.81. The largest absolute Gasteiger partial charge is 0.395 e. The summed E-state index contributed by atoms with van der Waals surface area (Å²) in [4.78, 5) is 27.1. The van der Waals surface area contributed by atoms with Crippen LogP contribution >= 0.6 is 11.6 Å². The fourth-order valence-electron chi connectivity index (χ4n) is 1.96. The van der Waals surface area contributed by atoms with Crippen LogP contribution < -0.4 is 11.1 Å². The van der Waals surface area contributed by atoms with Crippen molar-refractivity contribution in [2.45, 2.75) is 6.92 Å². The second-order valence-corrected chi connectivity index (χ2v) is 4.72. The molecule has 0 fully saturated rings. The Labute approximate surface area is 123 Å². The van der Waals surface area contributed by atoms with E-state index in [1.165, 1.54) is 11.0 Å². The topological polar surface area (TPSA) is 127 Å². The Morgan fingerprint density at radius 1 is 1.48 bits per heavy atom. The molecule has 0 aliphatic rings. The van der Waals surface area contributed by atoms with Crippen molar-refractivity contribution in [1.82, 2.24) is 29.7 Å². The summed E-state index contributed by atoms with van der Waals surface area (Å²) in [6.07, 6.45) is 1.44. The van der Waals surface area contributed by atoms with E-state index in [0.29, 0.717) is 22.5 Å². The Balaban J connectivity index is 1.96. The first kappa shape index (κ1) is 13.3. The third-order valence-electron chi connectivity index (χ3n) is 2.95. The van der Waals surface area contributed by atoms with E-state index in [1.54, 1.807) is 14.0 Å². The molecule has 9 nitrogen and oxygen atoms in total. The number of nitrogens with one attached hydrogen (secondary N) is 2. The second kappa shape index (κ2) is 4.70. The number of aromatic amines is 1. The van der Waals surface area contributed by atoms with Crippen LogP contribution in [-0.4, -0.2) is 35.6 Å². The summed E-state index contributed by atoms with van der Waals surface area (Å²) in [5.74, 6) is -0.426. The van der Waals surface area contributed by atoms with Crippen LogP contribution in [0.25, 0.3) is 11.2 Å². The third kappa shape index (κ3) is 2.17. The SMILES string of the molecule is Cc1nn(C)c(C(=O)Nc2nc(Cl)c3[nH]cnc3n2)c1N. The van der Waals surface area contributed by atoms with Gasteiger partial charge in [-0.25, -0.2) is 4.98 Å². The molecule has 0 atom stereocenters. The van der Waals surface area contributed by atoms with Crippen molar-refractivity contribution in [2.75, 3.05) is 11.1 Å². The van der Waals surface area contributed by atoms with Gasteiger partial charge in [-0.15, -0.1) is 0 Å². The van der Waals surface area contributed by atoms with Crippen molar-refractivity contribution in [3.63, 3.8) is 0 Å². The lowest BCUT2D eigenvalue weighted by Crippen LogP contribution is -2.19. The highest BCUT2D eigenvalue weighted by Crippen LogP contribution is 2.20. The maximum atomic E-state index is 12.3. The van der Waals surface area contributed by atoms with E-state index >= 15 is 0 Å². The fourth-order valence-corrected chi connectivity index (χ4v) is 2.18. The molecule has 21 heavy (non-hydrogen) atoms. The highest BCUT2D eigenvalue weighted by Gasteiger charge is 2.19. The van der Waals surface area contributed by atoms with E-state index in [-0.39, 0.29) is 16.8 Å². The molecule has 4 N–H and O–H groups in total. The predicted molar refractivity (Wildman–Crippen MR) is 77.0 cm³/mol. The lowest BCUT2D eigenvalue weighted by Gasteiger charge is -2.05. The number of rotatable bonds is 2. The molecule has 3 aromatic heterocycles. The van der Waals surface area contributed by atoms with E-state index in [9.17, 15) is 4.79 Å². The zero-order valence-corrected chi connectivity index (χ0v) is 11.9. The monoisotopic (exact) mass is 306 g/mol. The maximum Gasteiger partial charge on any atom is 0.278 e. The van der Waals surface area contributed by atoms with Crippen molar-refractivity contribution in [3.05, 3.63) is 22.9 Å². The van der Waals surface area contributed by atoms with Gasteiger partial charge in [0.05, 0.1) is 17.7 Å². The van der Waals surface area contributed by atoms with E-state index in [0.717, 1.165) is 0 Å².